The summed E-state index contributed by atoms with van der Waals surface area (Å²) in [5.41, 5.74) is 3.11. The number of amides is 2. The highest BCUT2D eigenvalue weighted by molar-refractivity contribution is 7.15. The minimum atomic E-state index is -0.380. The van der Waals surface area contributed by atoms with E-state index in [4.69, 9.17) is 4.74 Å². The average Bonchev–Trinajstić information content (AvgIpc) is 3.45. The van der Waals surface area contributed by atoms with Gasteiger partial charge in [-0.25, -0.2) is 4.98 Å². The van der Waals surface area contributed by atoms with E-state index in [1.807, 2.05) is 11.0 Å². The zero-order chi connectivity index (χ0) is 19.1. The van der Waals surface area contributed by atoms with Gasteiger partial charge in [0.25, 0.3) is 11.8 Å². The van der Waals surface area contributed by atoms with E-state index in [9.17, 15) is 9.59 Å². The van der Waals surface area contributed by atoms with E-state index >= 15 is 0 Å². The van der Waals surface area contributed by atoms with Gasteiger partial charge in [-0.2, -0.15) is 8.75 Å². The molecule has 2 aliphatic heterocycles. The van der Waals surface area contributed by atoms with Crippen LogP contribution in [0.1, 0.15) is 33.8 Å². The molecule has 5 rings (SSSR count). The number of fused-ring (bicyclic) bond motifs is 2. The fourth-order valence-electron chi connectivity index (χ4n) is 3.49. The standard InChI is InChI=1S/C18H17N5O3S2/c24-16(14-2-1-7-26-14)20-18-19-12-5-6-23(9-15(12)27-18)17(25)10-3-4-11-13(8-10)22-28-21-11/h3-4,8,14H,1-2,5-7,9H2,(H,19,20,24). The third-order valence-electron chi connectivity index (χ3n) is 4.97. The van der Waals surface area contributed by atoms with Crippen LogP contribution in [0.15, 0.2) is 18.2 Å². The molecule has 1 saturated heterocycles. The average molecular weight is 416 g/mol. The summed E-state index contributed by atoms with van der Waals surface area (Å²) in [6.45, 7) is 1.73. The van der Waals surface area contributed by atoms with E-state index < -0.39 is 0 Å². The van der Waals surface area contributed by atoms with Crippen LogP contribution in [-0.4, -0.2) is 49.7 Å². The van der Waals surface area contributed by atoms with Crippen molar-refractivity contribution in [3.05, 3.63) is 34.3 Å². The van der Waals surface area contributed by atoms with Crippen LogP contribution in [-0.2, 0) is 22.5 Å². The fraction of sp³-hybridized carbons (Fsp3) is 0.389. The highest BCUT2D eigenvalue weighted by atomic mass is 32.1. The van der Waals surface area contributed by atoms with Gasteiger partial charge in [0.05, 0.1) is 24.0 Å². The molecule has 2 aromatic heterocycles. The first-order chi connectivity index (χ1) is 13.7. The molecular formula is C18H17N5O3S2. The van der Waals surface area contributed by atoms with Gasteiger partial charge in [0, 0.05) is 30.0 Å². The lowest BCUT2D eigenvalue weighted by Gasteiger charge is -2.26. The molecule has 4 heterocycles. The number of thiazole rings is 1. The Morgan fingerprint density at radius 1 is 1.25 bits per heavy atom. The Kier molecular flexibility index (Phi) is 4.53. The van der Waals surface area contributed by atoms with Crippen molar-refractivity contribution >= 4 is 51.0 Å². The summed E-state index contributed by atoms with van der Waals surface area (Å²) in [4.78, 5) is 32.5. The number of rotatable bonds is 3. The number of benzene rings is 1. The Hall–Kier alpha value is -2.43. The van der Waals surface area contributed by atoms with Crippen molar-refractivity contribution in [1.82, 2.24) is 18.6 Å². The molecular weight excluding hydrogens is 398 g/mol. The number of aromatic nitrogens is 3. The number of nitrogens with zero attached hydrogens (tertiary/aromatic N) is 4. The van der Waals surface area contributed by atoms with Crippen molar-refractivity contribution in [3.63, 3.8) is 0 Å². The monoisotopic (exact) mass is 415 g/mol. The SMILES string of the molecule is O=C(Nc1nc2c(s1)CN(C(=O)c1ccc3nsnc3c1)CC2)C1CCCO1. The second kappa shape index (κ2) is 7.19. The van der Waals surface area contributed by atoms with Gasteiger partial charge in [-0.05, 0) is 31.0 Å². The summed E-state index contributed by atoms with van der Waals surface area (Å²) in [5.74, 6) is -0.166. The van der Waals surface area contributed by atoms with Gasteiger partial charge in [-0.3, -0.25) is 14.9 Å². The maximum Gasteiger partial charge on any atom is 0.255 e. The minimum absolute atomic E-state index is 0.0288. The van der Waals surface area contributed by atoms with E-state index in [1.165, 1.54) is 11.3 Å². The number of carbonyl (C=O) groups excluding carboxylic acids is 2. The molecule has 8 nitrogen and oxygen atoms in total. The fourth-order valence-corrected chi connectivity index (χ4v) is 5.03. The molecule has 0 bridgehead atoms. The van der Waals surface area contributed by atoms with Crippen molar-refractivity contribution < 1.29 is 14.3 Å². The van der Waals surface area contributed by atoms with Crippen LogP contribution in [0, 0.1) is 0 Å². The molecule has 144 valence electrons. The summed E-state index contributed by atoms with van der Waals surface area (Å²) in [5, 5.41) is 3.44. The molecule has 1 N–H and O–H groups in total. The van der Waals surface area contributed by atoms with Crippen LogP contribution >= 0.6 is 23.1 Å². The topological polar surface area (TPSA) is 97.3 Å². The second-order valence-electron chi connectivity index (χ2n) is 6.82. The van der Waals surface area contributed by atoms with Crippen LogP contribution in [0.3, 0.4) is 0 Å². The molecule has 2 aliphatic rings. The van der Waals surface area contributed by atoms with Crippen LogP contribution in [0.2, 0.25) is 0 Å². The molecule has 0 saturated carbocycles. The molecule has 28 heavy (non-hydrogen) atoms. The normalized spacial score (nSPS) is 19.0. The molecule has 1 unspecified atom stereocenters. The Bertz CT molecular complexity index is 1060. The lowest BCUT2D eigenvalue weighted by molar-refractivity contribution is -0.124. The number of carbonyl (C=O) groups is 2. The Labute approximate surface area is 168 Å². The van der Waals surface area contributed by atoms with Crippen LogP contribution in [0.25, 0.3) is 11.0 Å². The lowest BCUT2D eigenvalue weighted by Crippen LogP contribution is -2.35. The van der Waals surface area contributed by atoms with Gasteiger partial charge in [0.2, 0.25) is 0 Å². The summed E-state index contributed by atoms with van der Waals surface area (Å²) < 4.78 is 13.8. The second-order valence-corrected chi connectivity index (χ2v) is 8.44. The molecule has 1 fully saturated rings. The van der Waals surface area contributed by atoms with E-state index in [2.05, 4.69) is 19.0 Å². The lowest BCUT2D eigenvalue weighted by atomic mass is 10.1. The third-order valence-corrected chi connectivity index (χ3v) is 6.53. The van der Waals surface area contributed by atoms with Gasteiger partial charge in [-0.15, -0.1) is 0 Å². The maximum absolute atomic E-state index is 12.9. The molecule has 0 spiro atoms. The quantitative estimate of drug-likeness (QED) is 0.706. The zero-order valence-corrected chi connectivity index (χ0v) is 16.5. The Morgan fingerprint density at radius 2 is 2.14 bits per heavy atom. The first-order valence-electron chi connectivity index (χ1n) is 9.10. The van der Waals surface area contributed by atoms with Crippen molar-refractivity contribution in [2.45, 2.75) is 31.9 Å². The predicted octanol–water partition coefficient (Wildman–Crippen LogP) is 2.46. The molecule has 0 radical (unpaired) electrons. The van der Waals surface area contributed by atoms with Gasteiger partial charge in [0.15, 0.2) is 5.13 Å². The highest BCUT2D eigenvalue weighted by Gasteiger charge is 2.28. The maximum atomic E-state index is 12.9. The van der Waals surface area contributed by atoms with Crippen molar-refractivity contribution in [2.24, 2.45) is 0 Å². The number of hydrogen-bond donors (Lipinski definition) is 1. The highest BCUT2D eigenvalue weighted by Crippen LogP contribution is 2.30. The largest absolute Gasteiger partial charge is 0.368 e. The third kappa shape index (κ3) is 3.27. The first kappa shape index (κ1) is 17.7. The van der Waals surface area contributed by atoms with E-state index in [0.717, 1.165) is 46.2 Å². The number of anilines is 1. The van der Waals surface area contributed by atoms with Gasteiger partial charge in [-0.1, -0.05) is 11.3 Å². The first-order valence-corrected chi connectivity index (χ1v) is 10.6. The van der Waals surface area contributed by atoms with Gasteiger partial charge < -0.3 is 9.64 Å². The van der Waals surface area contributed by atoms with Crippen LogP contribution in [0.4, 0.5) is 5.13 Å². The molecule has 1 atom stereocenters. The van der Waals surface area contributed by atoms with E-state index in [1.54, 1.807) is 12.1 Å². The van der Waals surface area contributed by atoms with Gasteiger partial charge >= 0.3 is 0 Å². The Morgan fingerprint density at radius 3 is 3.00 bits per heavy atom. The molecule has 10 heteroatoms. The van der Waals surface area contributed by atoms with Crippen molar-refractivity contribution in [3.8, 4) is 0 Å². The molecule has 0 aliphatic carbocycles. The number of nitrogens with one attached hydrogen (secondary N) is 1. The van der Waals surface area contributed by atoms with E-state index in [-0.39, 0.29) is 17.9 Å². The van der Waals surface area contributed by atoms with Crippen molar-refractivity contribution in [1.29, 1.82) is 0 Å². The molecule has 2 amide bonds. The van der Waals surface area contributed by atoms with Crippen LogP contribution < -0.4 is 5.32 Å². The minimum Gasteiger partial charge on any atom is -0.368 e. The van der Waals surface area contributed by atoms with Gasteiger partial charge in [0.1, 0.15) is 17.1 Å². The zero-order valence-electron chi connectivity index (χ0n) is 14.9. The number of ether oxygens (including phenoxy) is 1. The number of hydrogen-bond acceptors (Lipinski definition) is 8. The summed E-state index contributed by atoms with van der Waals surface area (Å²) in [6, 6.07) is 5.41. The van der Waals surface area contributed by atoms with Crippen LogP contribution in [0.5, 0.6) is 0 Å². The Balaban J connectivity index is 1.30. The van der Waals surface area contributed by atoms with E-state index in [0.29, 0.717) is 36.8 Å². The summed E-state index contributed by atoms with van der Waals surface area (Å²) >= 11 is 2.57. The molecule has 1 aromatic carbocycles. The predicted molar refractivity (Wildman–Crippen MR) is 106 cm³/mol. The summed E-state index contributed by atoms with van der Waals surface area (Å²) in [7, 11) is 0. The van der Waals surface area contributed by atoms with Crippen molar-refractivity contribution in [2.75, 3.05) is 18.5 Å². The summed E-state index contributed by atoms with van der Waals surface area (Å²) in [6.07, 6.45) is 1.95. The smallest absolute Gasteiger partial charge is 0.255 e. The molecule has 3 aromatic rings.